The maximum atomic E-state index is 12.4. The molecule has 5 nitrogen and oxygen atoms in total. The van der Waals surface area contributed by atoms with Gasteiger partial charge in [0.2, 0.25) is 0 Å². The number of carbonyl (C=O) groups excluding carboxylic acids is 1. The maximum Gasteiger partial charge on any atom is 0.268 e. The smallest absolute Gasteiger partial charge is 0.268 e. The van der Waals surface area contributed by atoms with Crippen molar-refractivity contribution in [1.29, 1.82) is 0 Å². The minimum atomic E-state index is -0.496. The molecule has 1 aromatic rings. The first kappa shape index (κ1) is 13.8. The third-order valence-electron chi connectivity index (χ3n) is 3.87. The first-order valence-electron chi connectivity index (χ1n) is 7.22. The molecule has 1 atom stereocenters. The summed E-state index contributed by atoms with van der Waals surface area (Å²) in [6.45, 7) is 5.71. The number of nitrogens with zero attached hydrogens (tertiary/aromatic N) is 2. The molecule has 1 aromatic carbocycles. The van der Waals surface area contributed by atoms with E-state index in [1.807, 2.05) is 18.2 Å². The zero-order valence-electron chi connectivity index (χ0n) is 12.1. The number of nitrogens with one attached hydrogen (secondary N) is 1. The zero-order valence-corrected chi connectivity index (χ0v) is 12.1. The Bertz CT molecular complexity index is 588. The highest BCUT2D eigenvalue weighted by molar-refractivity contribution is 6.03. The number of piperazine rings is 1. The second kappa shape index (κ2) is 5.66. The van der Waals surface area contributed by atoms with E-state index in [2.05, 4.69) is 16.1 Å². The molecule has 2 aliphatic rings. The number of terminal acetylenes is 1. The summed E-state index contributed by atoms with van der Waals surface area (Å²) in [5, 5.41) is 3.33. The Labute approximate surface area is 124 Å². The van der Waals surface area contributed by atoms with Crippen molar-refractivity contribution in [2.75, 3.05) is 42.5 Å². The van der Waals surface area contributed by atoms with Crippen LogP contribution in [0.3, 0.4) is 0 Å². The predicted molar refractivity (Wildman–Crippen MR) is 82.8 cm³/mol. The van der Waals surface area contributed by atoms with Gasteiger partial charge in [0, 0.05) is 26.2 Å². The van der Waals surface area contributed by atoms with Crippen LogP contribution in [0.4, 0.5) is 11.4 Å². The van der Waals surface area contributed by atoms with Crippen LogP contribution < -0.4 is 19.9 Å². The second-order valence-electron chi connectivity index (χ2n) is 5.25. The van der Waals surface area contributed by atoms with E-state index >= 15 is 0 Å². The molecule has 1 fully saturated rings. The number of amides is 1. The minimum absolute atomic E-state index is 0.0805. The minimum Gasteiger partial charge on any atom is -0.479 e. The Balaban J connectivity index is 2.06. The molecule has 1 N–H and O–H groups in total. The van der Waals surface area contributed by atoms with E-state index in [9.17, 15) is 4.79 Å². The van der Waals surface area contributed by atoms with E-state index in [1.165, 1.54) is 0 Å². The number of para-hydroxylation sites is 1. The maximum absolute atomic E-state index is 12.4. The summed E-state index contributed by atoms with van der Waals surface area (Å²) < 4.78 is 5.75. The Morgan fingerprint density at radius 2 is 2.19 bits per heavy atom. The number of anilines is 2. The highest BCUT2D eigenvalue weighted by atomic mass is 16.5. The number of hydrogen-bond donors (Lipinski definition) is 1. The van der Waals surface area contributed by atoms with Crippen molar-refractivity contribution >= 4 is 17.3 Å². The van der Waals surface area contributed by atoms with Gasteiger partial charge in [-0.1, -0.05) is 12.0 Å². The summed E-state index contributed by atoms with van der Waals surface area (Å²) >= 11 is 0. The summed E-state index contributed by atoms with van der Waals surface area (Å²) in [7, 11) is 0. The standard InChI is InChI=1S/C16H19N3O2/c1-3-9-19-15-13(18-10-7-17-8-11-18)5-4-6-14(15)21-12(2)16(19)20/h1,4-6,12,17H,7-11H2,2H3. The molecule has 5 heteroatoms. The normalized spacial score (nSPS) is 21.5. The fourth-order valence-electron chi connectivity index (χ4n) is 2.86. The van der Waals surface area contributed by atoms with Crippen LogP contribution in [0.25, 0.3) is 0 Å². The Kier molecular flexibility index (Phi) is 3.72. The molecule has 0 spiro atoms. The number of ether oxygens (including phenoxy) is 1. The largest absolute Gasteiger partial charge is 0.479 e. The van der Waals surface area contributed by atoms with Crippen LogP contribution in [-0.4, -0.2) is 44.7 Å². The van der Waals surface area contributed by atoms with Gasteiger partial charge in [0.15, 0.2) is 6.10 Å². The van der Waals surface area contributed by atoms with Gasteiger partial charge in [-0.05, 0) is 19.1 Å². The zero-order chi connectivity index (χ0) is 14.8. The molecule has 0 aromatic heterocycles. The molecule has 2 heterocycles. The van der Waals surface area contributed by atoms with E-state index in [1.54, 1.807) is 11.8 Å². The molecule has 0 bridgehead atoms. The van der Waals surface area contributed by atoms with E-state index in [-0.39, 0.29) is 12.5 Å². The van der Waals surface area contributed by atoms with E-state index in [0.29, 0.717) is 0 Å². The summed E-state index contributed by atoms with van der Waals surface area (Å²) in [5.41, 5.74) is 1.82. The number of fused-ring (bicyclic) bond motifs is 1. The van der Waals surface area contributed by atoms with Gasteiger partial charge < -0.3 is 15.0 Å². The molecule has 21 heavy (non-hydrogen) atoms. The van der Waals surface area contributed by atoms with Gasteiger partial charge in [-0.2, -0.15) is 0 Å². The van der Waals surface area contributed by atoms with Crippen LogP contribution in [0.5, 0.6) is 5.75 Å². The molecule has 0 radical (unpaired) electrons. The van der Waals surface area contributed by atoms with Gasteiger partial charge in [-0.3, -0.25) is 9.69 Å². The topological polar surface area (TPSA) is 44.8 Å². The molecular formula is C16H19N3O2. The Hall–Kier alpha value is -2.19. The highest BCUT2D eigenvalue weighted by Crippen LogP contribution is 2.41. The van der Waals surface area contributed by atoms with Crippen molar-refractivity contribution in [2.45, 2.75) is 13.0 Å². The van der Waals surface area contributed by atoms with Crippen molar-refractivity contribution in [3.8, 4) is 18.1 Å². The fraction of sp³-hybridized carbons (Fsp3) is 0.438. The monoisotopic (exact) mass is 285 g/mol. The summed E-state index contributed by atoms with van der Waals surface area (Å²) in [5.74, 6) is 3.23. The number of carbonyl (C=O) groups is 1. The van der Waals surface area contributed by atoms with E-state index < -0.39 is 6.10 Å². The first-order valence-corrected chi connectivity index (χ1v) is 7.22. The number of benzene rings is 1. The van der Waals surface area contributed by atoms with Crippen LogP contribution in [0.2, 0.25) is 0 Å². The molecule has 110 valence electrons. The lowest BCUT2D eigenvalue weighted by Gasteiger charge is -2.37. The lowest BCUT2D eigenvalue weighted by Crippen LogP contribution is -2.47. The molecule has 2 aliphatic heterocycles. The summed E-state index contributed by atoms with van der Waals surface area (Å²) in [6, 6.07) is 5.89. The van der Waals surface area contributed by atoms with Gasteiger partial charge in [-0.25, -0.2) is 0 Å². The average molecular weight is 285 g/mol. The van der Waals surface area contributed by atoms with Crippen molar-refractivity contribution in [2.24, 2.45) is 0 Å². The fourth-order valence-corrected chi connectivity index (χ4v) is 2.86. The van der Waals surface area contributed by atoms with Crippen molar-refractivity contribution in [3.63, 3.8) is 0 Å². The van der Waals surface area contributed by atoms with Crippen molar-refractivity contribution in [1.82, 2.24) is 5.32 Å². The summed E-state index contributed by atoms with van der Waals surface area (Å²) in [6.07, 6.45) is 4.95. The van der Waals surface area contributed by atoms with Gasteiger partial charge in [0.25, 0.3) is 5.91 Å². The first-order chi connectivity index (χ1) is 10.2. The van der Waals surface area contributed by atoms with Crippen LogP contribution in [0.1, 0.15) is 6.92 Å². The van der Waals surface area contributed by atoms with Gasteiger partial charge in [0.05, 0.1) is 12.2 Å². The molecule has 1 amide bonds. The molecule has 0 saturated carbocycles. The van der Waals surface area contributed by atoms with Gasteiger partial charge >= 0.3 is 0 Å². The van der Waals surface area contributed by atoms with Crippen LogP contribution in [0, 0.1) is 12.3 Å². The van der Waals surface area contributed by atoms with Crippen LogP contribution in [0.15, 0.2) is 18.2 Å². The third-order valence-corrected chi connectivity index (χ3v) is 3.87. The van der Waals surface area contributed by atoms with Crippen LogP contribution >= 0.6 is 0 Å². The van der Waals surface area contributed by atoms with Gasteiger partial charge in [0.1, 0.15) is 11.4 Å². The predicted octanol–water partition coefficient (Wildman–Crippen LogP) is 0.843. The Morgan fingerprint density at radius 3 is 2.90 bits per heavy atom. The molecule has 1 unspecified atom stereocenters. The Morgan fingerprint density at radius 1 is 1.43 bits per heavy atom. The van der Waals surface area contributed by atoms with Crippen molar-refractivity contribution < 1.29 is 9.53 Å². The van der Waals surface area contributed by atoms with Crippen LogP contribution in [-0.2, 0) is 4.79 Å². The molecule has 0 aliphatic carbocycles. The molecule has 3 rings (SSSR count). The number of rotatable bonds is 2. The molecule has 1 saturated heterocycles. The lowest BCUT2D eigenvalue weighted by atomic mass is 10.1. The number of hydrogen-bond acceptors (Lipinski definition) is 4. The quantitative estimate of drug-likeness (QED) is 0.818. The third kappa shape index (κ3) is 2.43. The van der Waals surface area contributed by atoms with E-state index in [4.69, 9.17) is 11.2 Å². The SMILES string of the molecule is C#CCN1C(=O)C(C)Oc2cccc(N3CCNCC3)c21. The average Bonchev–Trinajstić information content (AvgIpc) is 2.52. The second-order valence-corrected chi connectivity index (χ2v) is 5.25. The van der Waals surface area contributed by atoms with Crippen molar-refractivity contribution in [3.05, 3.63) is 18.2 Å². The lowest BCUT2D eigenvalue weighted by molar-refractivity contribution is -0.125. The summed E-state index contributed by atoms with van der Waals surface area (Å²) in [4.78, 5) is 16.3. The van der Waals surface area contributed by atoms with Gasteiger partial charge in [-0.15, -0.1) is 6.42 Å². The highest BCUT2D eigenvalue weighted by Gasteiger charge is 2.34. The van der Waals surface area contributed by atoms with E-state index in [0.717, 1.165) is 43.3 Å². The molecular weight excluding hydrogens is 266 g/mol.